The van der Waals surface area contributed by atoms with Gasteiger partial charge >= 0.3 is 0 Å². The molecule has 1 N–H and O–H groups in total. The van der Waals surface area contributed by atoms with Crippen LogP contribution in [0.25, 0.3) is 0 Å². The van der Waals surface area contributed by atoms with Crippen LogP contribution in [-0.2, 0) is 17.8 Å². The molecule has 7 heteroatoms. The number of aryl methyl sites for hydroxylation is 1. The number of hydrogen-bond donors (Lipinski definition) is 1. The summed E-state index contributed by atoms with van der Waals surface area (Å²) in [7, 11) is 0. The van der Waals surface area contributed by atoms with Crippen molar-refractivity contribution < 1.29 is 9.18 Å². The van der Waals surface area contributed by atoms with Gasteiger partial charge in [-0.2, -0.15) is 0 Å². The number of hydrogen-bond acceptors (Lipinski definition) is 4. The van der Waals surface area contributed by atoms with E-state index in [4.69, 9.17) is 0 Å². The van der Waals surface area contributed by atoms with Gasteiger partial charge in [0.2, 0.25) is 5.91 Å². The van der Waals surface area contributed by atoms with Crippen LogP contribution in [0, 0.1) is 5.82 Å². The molecule has 0 saturated heterocycles. The lowest BCUT2D eigenvalue weighted by Crippen LogP contribution is -2.33. The van der Waals surface area contributed by atoms with Crippen LogP contribution in [0.5, 0.6) is 0 Å². The first-order valence-corrected chi connectivity index (χ1v) is 9.57. The van der Waals surface area contributed by atoms with Crippen LogP contribution < -0.4 is 5.32 Å². The van der Waals surface area contributed by atoms with Gasteiger partial charge in [0.1, 0.15) is 11.6 Å². The molecule has 1 aromatic heterocycles. The molecule has 1 amide bonds. The lowest BCUT2D eigenvalue weighted by atomic mass is 10.1. The molecule has 5 nitrogen and oxygen atoms in total. The predicted molar refractivity (Wildman–Crippen MR) is 95.9 cm³/mol. The molecule has 3 rings (SSSR count). The molecule has 0 fully saturated rings. The third kappa shape index (κ3) is 4.39. The van der Waals surface area contributed by atoms with Crippen LogP contribution in [-0.4, -0.2) is 25.9 Å². The number of carbonyl (C=O) groups excluding carboxylic acids is 1. The van der Waals surface area contributed by atoms with Crippen LogP contribution in [0.1, 0.15) is 50.5 Å². The summed E-state index contributed by atoms with van der Waals surface area (Å²) >= 11 is 1.44. The molecule has 0 aliphatic carbocycles. The summed E-state index contributed by atoms with van der Waals surface area (Å²) < 4.78 is 15.2. The van der Waals surface area contributed by atoms with Crippen molar-refractivity contribution in [1.82, 2.24) is 20.1 Å². The molecule has 0 spiro atoms. The molecule has 2 heterocycles. The Morgan fingerprint density at radius 1 is 1.20 bits per heavy atom. The summed E-state index contributed by atoms with van der Waals surface area (Å²) in [5.41, 5.74) is 0.878. The van der Waals surface area contributed by atoms with Crippen molar-refractivity contribution in [3.8, 4) is 0 Å². The third-order valence-electron chi connectivity index (χ3n) is 4.46. The summed E-state index contributed by atoms with van der Waals surface area (Å²) in [5.74, 6) is 0.679. The van der Waals surface area contributed by atoms with Gasteiger partial charge in [-0.1, -0.05) is 30.3 Å². The number of rotatable bonds is 5. The number of thioether (sulfide) groups is 1. The lowest BCUT2D eigenvalue weighted by molar-refractivity contribution is -0.120. The Hall–Kier alpha value is -1.89. The molecule has 0 radical (unpaired) electrons. The van der Waals surface area contributed by atoms with Gasteiger partial charge in [0.25, 0.3) is 0 Å². The van der Waals surface area contributed by atoms with Crippen LogP contribution in [0.4, 0.5) is 4.39 Å². The van der Waals surface area contributed by atoms with E-state index in [2.05, 4.69) is 20.1 Å². The number of aromatic nitrogens is 3. The van der Waals surface area contributed by atoms with E-state index in [0.29, 0.717) is 0 Å². The number of carbonyl (C=O) groups is 1. The number of nitrogens with zero attached hydrogens (tertiary/aromatic N) is 3. The first-order valence-electron chi connectivity index (χ1n) is 8.69. The fourth-order valence-corrected chi connectivity index (χ4v) is 3.83. The number of fused-ring (bicyclic) bond motifs is 1. The molecule has 1 aromatic carbocycles. The van der Waals surface area contributed by atoms with Gasteiger partial charge in [-0.3, -0.25) is 4.79 Å². The van der Waals surface area contributed by atoms with E-state index < -0.39 is 0 Å². The zero-order valence-electron chi connectivity index (χ0n) is 14.5. The van der Waals surface area contributed by atoms with Crippen molar-refractivity contribution in [3.05, 3.63) is 41.5 Å². The van der Waals surface area contributed by atoms with Gasteiger partial charge in [-0.25, -0.2) is 4.39 Å². The Bertz CT molecular complexity index is 731. The minimum absolute atomic E-state index is 0.0622. The monoisotopic (exact) mass is 362 g/mol. The summed E-state index contributed by atoms with van der Waals surface area (Å²) in [5, 5.41) is 12.1. The van der Waals surface area contributed by atoms with Gasteiger partial charge in [0, 0.05) is 13.0 Å². The molecular weight excluding hydrogens is 339 g/mol. The van der Waals surface area contributed by atoms with E-state index in [1.165, 1.54) is 30.3 Å². The number of nitrogens with one attached hydrogen (secondary N) is 1. The minimum Gasteiger partial charge on any atom is -0.349 e. The second-order valence-electron chi connectivity index (χ2n) is 6.40. The van der Waals surface area contributed by atoms with Crippen LogP contribution in [0.3, 0.4) is 0 Å². The quantitative estimate of drug-likeness (QED) is 0.827. The number of amides is 1. The van der Waals surface area contributed by atoms with Gasteiger partial charge in [0.15, 0.2) is 5.16 Å². The van der Waals surface area contributed by atoms with Crippen LogP contribution in [0.2, 0.25) is 0 Å². The van der Waals surface area contributed by atoms with Gasteiger partial charge in [-0.05, 0) is 44.4 Å². The van der Waals surface area contributed by atoms with Crippen LogP contribution in [0.15, 0.2) is 29.4 Å². The normalized spacial score (nSPS) is 16.6. The van der Waals surface area contributed by atoms with Crippen molar-refractivity contribution in [2.45, 2.75) is 62.5 Å². The molecule has 0 bridgehead atoms. The molecule has 2 atom stereocenters. The molecule has 2 aromatic rings. The Morgan fingerprint density at radius 2 is 1.96 bits per heavy atom. The maximum atomic E-state index is 13.0. The highest BCUT2D eigenvalue weighted by atomic mass is 32.2. The standard InChI is InChI=1S/C18H23FN4OS/c1-12(14-7-9-15(19)10-8-14)20-17(24)13(2)25-18-22-21-16-6-4-3-5-11-23(16)18/h7-10,12-13H,3-6,11H2,1-2H3,(H,20,24). The molecule has 134 valence electrons. The highest BCUT2D eigenvalue weighted by molar-refractivity contribution is 8.00. The Kier molecular flexibility index (Phi) is 5.73. The topological polar surface area (TPSA) is 59.8 Å². The van der Waals surface area contributed by atoms with E-state index in [9.17, 15) is 9.18 Å². The van der Waals surface area contributed by atoms with Crippen molar-refractivity contribution in [2.24, 2.45) is 0 Å². The fraction of sp³-hybridized carbons (Fsp3) is 0.500. The van der Waals surface area contributed by atoms with Crippen molar-refractivity contribution in [3.63, 3.8) is 0 Å². The van der Waals surface area contributed by atoms with E-state index in [-0.39, 0.29) is 23.0 Å². The molecule has 2 unspecified atom stereocenters. The van der Waals surface area contributed by atoms with E-state index in [1.54, 1.807) is 12.1 Å². The maximum absolute atomic E-state index is 13.0. The highest BCUT2D eigenvalue weighted by Gasteiger charge is 2.22. The van der Waals surface area contributed by atoms with E-state index >= 15 is 0 Å². The fourth-order valence-electron chi connectivity index (χ4n) is 2.92. The average molecular weight is 362 g/mol. The van der Waals surface area contributed by atoms with Crippen LogP contribution >= 0.6 is 11.8 Å². The zero-order chi connectivity index (χ0) is 17.8. The zero-order valence-corrected chi connectivity index (χ0v) is 15.4. The molecule has 0 saturated carbocycles. The summed E-state index contributed by atoms with van der Waals surface area (Å²) in [4.78, 5) is 12.5. The number of benzene rings is 1. The smallest absolute Gasteiger partial charge is 0.233 e. The summed E-state index contributed by atoms with van der Waals surface area (Å²) in [6.07, 6.45) is 4.43. The van der Waals surface area contributed by atoms with E-state index in [1.807, 2.05) is 13.8 Å². The first-order chi connectivity index (χ1) is 12.0. The van der Waals surface area contributed by atoms with Crippen molar-refractivity contribution in [1.29, 1.82) is 0 Å². The summed E-state index contributed by atoms with van der Waals surface area (Å²) in [6.45, 7) is 4.69. The largest absolute Gasteiger partial charge is 0.349 e. The third-order valence-corrected chi connectivity index (χ3v) is 5.54. The van der Waals surface area contributed by atoms with Crippen molar-refractivity contribution in [2.75, 3.05) is 0 Å². The molecule has 1 aliphatic heterocycles. The summed E-state index contributed by atoms with van der Waals surface area (Å²) in [6, 6.07) is 6.02. The van der Waals surface area contributed by atoms with E-state index in [0.717, 1.165) is 42.4 Å². The Balaban J connectivity index is 1.61. The second-order valence-corrected chi connectivity index (χ2v) is 7.71. The van der Waals surface area contributed by atoms with Gasteiger partial charge < -0.3 is 9.88 Å². The molecular formula is C18H23FN4OS. The van der Waals surface area contributed by atoms with Gasteiger partial charge in [0.05, 0.1) is 11.3 Å². The SMILES string of the molecule is CC(Sc1nnc2n1CCCCC2)C(=O)NC(C)c1ccc(F)cc1. The number of halogens is 1. The van der Waals surface area contributed by atoms with Crippen molar-refractivity contribution >= 4 is 17.7 Å². The predicted octanol–water partition coefficient (Wildman–Crippen LogP) is 3.50. The first kappa shape index (κ1) is 17.9. The minimum atomic E-state index is -0.279. The Labute approximate surface area is 151 Å². The lowest BCUT2D eigenvalue weighted by Gasteiger charge is -2.18. The average Bonchev–Trinajstić information content (AvgIpc) is 2.82. The molecule has 1 aliphatic rings. The maximum Gasteiger partial charge on any atom is 0.233 e. The second kappa shape index (κ2) is 7.99. The molecule has 25 heavy (non-hydrogen) atoms. The van der Waals surface area contributed by atoms with Gasteiger partial charge in [-0.15, -0.1) is 10.2 Å². The Morgan fingerprint density at radius 3 is 2.72 bits per heavy atom. The highest BCUT2D eigenvalue weighted by Crippen LogP contribution is 2.26.